The van der Waals surface area contributed by atoms with E-state index in [1.807, 2.05) is 17.9 Å². The van der Waals surface area contributed by atoms with Gasteiger partial charge in [-0.2, -0.15) is 4.31 Å². The third-order valence-electron chi connectivity index (χ3n) is 7.01. The molecule has 1 aliphatic carbocycles. The summed E-state index contributed by atoms with van der Waals surface area (Å²) >= 11 is 0. The minimum atomic E-state index is -3.56. The van der Waals surface area contributed by atoms with Gasteiger partial charge in [0.05, 0.1) is 4.90 Å². The normalized spacial score (nSPS) is 21.7. The van der Waals surface area contributed by atoms with E-state index >= 15 is 0 Å². The minimum Gasteiger partial charge on any atom is -0.369 e. The van der Waals surface area contributed by atoms with E-state index in [4.69, 9.17) is 0 Å². The zero-order valence-electron chi connectivity index (χ0n) is 19.0. The van der Waals surface area contributed by atoms with Crippen molar-refractivity contribution in [3.05, 3.63) is 53.1 Å². The summed E-state index contributed by atoms with van der Waals surface area (Å²) in [5.41, 5.74) is 5.45. The maximum Gasteiger partial charge on any atom is 0.243 e. The van der Waals surface area contributed by atoms with E-state index in [1.165, 1.54) is 16.8 Å². The zero-order valence-corrected chi connectivity index (χ0v) is 19.9. The first-order valence-electron chi connectivity index (χ1n) is 11.5. The molecule has 0 spiro atoms. The highest BCUT2D eigenvalue weighted by Crippen LogP contribution is 2.40. The highest BCUT2D eigenvalue weighted by Gasteiger charge is 2.40. The van der Waals surface area contributed by atoms with E-state index in [9.17, 15) is 13.2 Å². The predicted octanol–water partition coefficient (Wildman–Crippen LogP) is 3.50. The van der Waals surface area contributed by atoms with Gasteiger partial charge in [0.1, 0.15) is 0 Å². The third kappa shape index (κ3) is 3.71. The number of aryl methyl sites for hydroxylation is 2. The molecule has 1 saturated heterocycles. The van der Waals surface area contributed by atoms with Crippen LogP contribution in [0.1, 0.15) is 36.5 Å². The largest absolute Gasteiger partial charge is 0.369 e. The number of benzene rings is 2. The number of carbonyl (C=O) groups excluding carboxylic acids is 1. The minimum absolute atomic E-state index is 0.0807. The molecule has 2 aliphatic heterocycles. The number of nitrogens with zero attached hydrogens (tertiary/aromatic N) is 3. The maximum absolute atomic E-state index is 13.4. The predicted molar refractivity (Wildman–Crippen MR) is 127 cm³/mol. The third-order valence-corrected chi connectivity index (χ3v) is 8.91. The molecule has 0 radical (unpaired) electrons. The summed E-state index contributed by atoms with van der Waals surface area (Å²) in [4.78, 5) is 17.2. The average molecular weight is 454 g/mol. The van der Waals surface area contributed by atoms with E-state index in [2.05, 4.69) is 36.9 Å². The number of fused-ring (bicyclic) bond motifs is 1. The number of carbonyl (C=O) groups is 1. The molecule has 5 rings (SSSR count). The summed E-state index contributed by atoms with van der Waals surface area (Å²) in [5.74, 6) is 0.342. The smallest absolute Gasteiger partial charge is 0.243 e. The number of piperazine rings is 1. The quantitative estimate of drug-likeness (QED) is 0.711. The van der Waals surface area contributed by atoms with Crippen molar-refractivity contribution in [3.63, 3.8) is 0 Å². The number of amides is 1. The SMILES string of the molecule is Cc1ccc(C)c(N2CCN(S(=O)(=O)c3ccc4c(c3)CC(C)N4C(=O)C3CC3)CC2)c1. The van der Waals surface area contributed by atoms with E-state index in [-0.39, 0.29) is 17.9 Å². The van der Waals surface area contributed by atoms with Gasteiger partial charge in [0.25, 0.3) is 0 Å². The van der Waals surface area contributed by atoms with Crippen LogP contribution < -0.4 is 9.80 Å². The second kappa shape index (κ2) is 7.89. The van der Waals surface area contributed by atoms with Gasteiger partial charge in [-0.3, -0.25) is 4.79 Å². The summed E-state index contributed by atoms with van der Waals surface area (Å²) in [7, 11) is -3.56. The molecule has 2 aromatic carbocycles. The van der Waals surface area contributed by atoms with Crippen LogP contribution in [0.5, 0.6) is 0 Å². The summed E-state index contributed by atoms with van der Waals surface area (Å²) in [6.07, 6.45) is 2.65. The number of sulfonamides is 1. The first kappa shape index (κ1) is 21.5. The number of hydrogen-bond donors (Lipinski definition) is 0. The molecule has 1 unspecified atom stereocenters. The number of anilines is 2. The Labute approximate surface area is 190 Å². The molecule has 7 heteroatoms. The van der Waals surface area contributed by atoms with Gasteiger partial charge < -0.3 is 9.80 Å². The lowest BCUT2D eigenvalue weighted by molar-refractivity contribution is -0.120. The van der Waals surface area contributed by atoms with Gasteiger partial charge in [-0.05, 0) is 81.0 Å². The molecular formula is C25H31N3O3S. The van der Waals surface area contributed by atoms with Crippen LogP contribution in [0.15, 0.2) is 41.3 Å². The van der Waals surface area contributed by atoms with Crippen molar-refractivity contribution in [1.82, 2.24) is 4.31 Å². The zero-order chi connectivity index (χ0) is 22.6. The molecule has 1 amide bonds. The number of hydrogen-bond acceptors (Lipinski definition) is 4. The Morgan fingerprint density at radius 2 is 1.66 bits per heavy atom. The monoisotopic (exact) mass is 453 g/mol. The molecule has 2 heterocycles. The van der Waals surface area contributed by atoms with Gasteiger partial charge in [-0.1, -0.05) is 12.1 Å². The van der Waals surface area contributed by atoms with E-state index in [0.717, 1.165) is 24.1 Å². The van der Waals surface area contributed by atoms with Crippen LogP contribution >= 0.6 is 0 Å². The Morgan fingerprint density at radius 1 is 0.938 bits per heavy atom. The first-order chi connectivity index (χ1) is 15.3. The van der Waals surface area contributed by atoms with Crippen LogP contribution in [0.2, 0.25) is 0 Å². The molecule has 32 heavy (non-hydrogen) atoms. The molecule has 0 N–H and O–H groups in total. The lowest BCUT2D eigenvalue weighted by Crippen LogP contribution is -2.48. The lowest BCUT2D eigenvalue weighted by Gasteiger charge is -2.36. The van der Waals surface area contributed by atoms with Gasteiger partial charge >= 0.3 is 0 Å². The van der Waals surface area contributed by atoms with Crippen molar-refractivity contribution in [1.29, 1.82) is 0 Å². The van der Waals surface area contributed by atoms with Crippen LogP contribution in [0.25, 0.3) is 0 Å². The lowest BCUT2D eigenvalue weighted by atomic mass is 10.1. The summed E-state index contributed by atoms with van der Waals surface area (Å²) in [5, 5.41) is 0. The fourth-order valence-corrected chi connectivity index (χ4v) is 6.48. The van der Waals surface area contributed by atoms with Crippen LogP contribution in [-0.2, 0) is 21.2 Å². The molecule has 0 bridgehead atoms. The summed E-state index contributed by atoms with van der Waals surface area (Å²) in [6.45, 7) is 8.51. The van der Waals surface area contributed by atoms with Gasteiger partial charge in [0.15, 0.2) is 0 Å². The highest BCUT2D eigenvalue weighted by atomic mass is 32.2. The molecule has 2 aromatic rings. The van der Waals surface area contributed by atoms with Crippen LogP contribution in [0, 0.1) is 19.8 Å². The molecule has 0 aromatic heterocycles. The maximum atomic E-state index is 13.4. The number of rotatable bonds is 4. The Hall–Kier alpha value is -2.38. The van der Waals surface area contributed by atoms with Crippen molar-refractivity contribution >= 4 is 27.3 Å². The van der Waals surface area contributed by atoms with Crippen molar-refractivity contribution in [2.75, 3.05) is 36.0 Å². The molecule has 6 nitrogen and oxygen atoms in total. The Bertz CT molecular complexity index is 1160. The molecule has 3 aliphatic rings. The Kier molecular flexibility index (Phi) is 5.29. The standard InChI is InChI=1S/C25H31N3O3S/c1-17-4-5-18(2)24(14-17)26-10-12-27(13-11-26)32(30,31)22-8-9-23-21(16-22)15-19(3)28(23)25(29)20-6-7-20/h4-5,8-9,14,16,19-20H,6-7,10-13,15H2,1-3H3. The summed E-state index contributed by atoms with van der Waals surface area (Å²) < 4.78 is 28.4. The Balaban J connectivity index is 1.33. The first-order valence-corrected chi connectivity index (χ1v) is 13.0. The van der Waals surface area contributed by atoms with E-state index < -0.39 is 10.0 Å². The highest BCUT2D eigenvalue weighted by molar-refractivity contribution is 7.89. The van der Waals surface area contributed by atoms with Crippen molar-refractivity contribution in [3.8, 4) is 0 Å². The fourth-order valence-electron chi connectivity index (χ4n) is 5.01. The summed E-state index contributed by atoms with van der Waals surface area (Å²) in [6, 6.07) is 11.8. The topological polar surface area (TPSA) is 60.9 Å². The average Bonchev–Trinajstić information content (AvgIpc) is 3.57. The van der Waals surface area contributed by atoms with Gasteiger partial charge in [-0.15, -0.1) is 0 Å². The molecule has 2 fully saturated rings. The van der Waals surface area contributed by atoms with Crippen LogP contribution in [0.4, 0.5) is 11.4 Å². The van der Waals surface area contributed by atoms with Gasteiger partial charge in [0.2, 0.25) is 15.9 Å². The van der Waals surface area contributed by atoms with Gasteiger partial charge in [0, 0.05) is 49.5 Å². The Morgan fingerprint density at radius 3 is 2.34 bits per heavy atom. The molecular weight excluding hydrogens is 422 g/mol. The van der Waals surface area contributed by atoms with Crippen LogP contribution in [-0.4, -0.2) is 50.9 Å². The second-order valence-corrected chi connectivity index (χ2v) is 11.4. The van der Waals surface area contributed by atoms with Gasteiger partial charge in [-0.25, -0.2) is 8.42 Å². The second-order valence-electron chi connectivity index (χ2n) is 9.51. The van der Waals surface area contributed by atoms with Crippen molar-refractivity contribution < 1.29 is 13.2 Å². The van der Waals surface area contributed by atoms with E-state index in [1.54, 1.807) is 16.4 Å². The fraction of sp³-hybridized carbons (Fsp3) is 0.480. The molecule has 1 saturated carbocycles. The molecule has 170 valence electrons. The van der Waals surface area contributed by atoms with Crippen molar-refractivity contribution in [2.45, 2.75) is 51.0 Å². The van der Waals surface area contributed by atoms with Crippen LogP contribution in [0.3, 0.4) is 0 Å². The molecule has 1 atom stereocenters. The van der Waals surface area contributed by atoms with Crippen molar-refractivity contribution in [2.24, 2.45) is 5.92 Å². The van der Waals surface area contributed by atoms with E-state index in [0.29, 0.717) is 37.5 Å².